The molecule has 4 aliphatic rings. The molecule has 9 rings (SSSR count). The average molecular weight is 612 g/mol. The van der Waals surface area contributed by atoms with Gasteiger partial charge < -0.3 is 0 Å². The van der Waals surface area contributed by atoms with Gasteiger partial charge in [0.05, 0.1) is 0 Å². The van der Waals surface area contributed by atoms with Crippen LogP contribution in [0.2, 0.25) is 0 Å². The fourth-order valence-electron chi connectivity index (χ4n) is 5.80. The summed E-state index contributed by atoms with van der Waals surface area (Å²) in [5.41, 5.74) is 4.57. The van der Waals surface area contributed by atoms with Crippen molar-refractivity contribution in [1.82, 2.24) is 9.97 Å². The number of aliphatic imine (C=N–C) groups is 4. The number of Topliss-reactive ketones (excluding diaryl/α,β-unsaturated/α-hetero) is 1. The van der Waals surface area contributed by atoms with Crippen LogP contribution in [0.5, 0.6) is 0 Å². The summed E-state index contributed by atoms with van der Waals surface area (Å²) >= 11 is 8.46. The number of hydrogen-bond acceptors (Lipinski definition) is 7. The molecule has 0 unspecified atom stereocenters. The summed E-state index contributed by atoms with van der Waals surface area (Å²) in [6.45, 7) is 0. The Morgan fingerprint density at radius 2 is 1.21 bits per heavy atom. The van der Waals surface area contributed by atoms with E-state index in [4.69, 9.17) is 36.6 Å². The Morgan fingerprint density at radius 1 is 0.651 bits per heavy atom. The fourth-order valence-corrected chi connectivity index (χ4v) is 6.64. The molecule has 43 heavy (non-hydrogen) atoms. The Hall–Kier alpha value is -4.96. The quantitative estimate of drug-likeness (QED) is 0.219. The molecule has 3 aromatic carbocycles. The summed E-state index contributed by atoms with van der Waals surface area (Å²) in [5, 5.41) is 5.90. The molecule has 0 atom stereocenters. The topological polar surface area (TPSA) is 122 Å². The zero-order valence-electron chi connectivity index (χ0n) is 22.0. The molecule has 2 aromatic heterocycles. The first kappa shape index (κ1) is 24.6. The molecule has 0 amide bonds. The van der Waals surface area contributed by atoms with Crippen molar-refractivity contribution < 1.29 is 25.2 Å². The van der Waals surface area contributed by atoms with E-state index in [2.05, 4.69) is 15.3 Å². The summed E-state index contributed by atoms with van der Waals surface area (Å²) in [4.78, 5) is 44.5. The molecule has 11 heteroatoms. The number of aromatic nitrogens is 2. The molecule has 9 nitrogen and oxygen atoms in total. The van der Waals surface area contributed by atoms with Crippen molar-refractivity contribution in [3.8, 4) is 0 Å². The van der Waals surface area contributed by atoms with Crippen LogP contribution in [0.1, 0.15) is 27.8 Å². The number of H-pyrrole nitrogens is 2. The number of anilines is 1. The van der Waals surface area contributed by atoms with E-state index in [1.807, 2.05) is 78.9 Å². The van der Waals surface area contributed by atoms with Gasteiger partial charge in [-0.2, -0.15) is 0 Å². The van der Waals surface area contributed by atoms with Crippen LogP contribution in [-0.2, 0) is 25.2 Å². The van der Waals surface area contributed by atoms with E-state index >= 15 is 0 Å². The Kier molecular flexibility index (Phi) is 5.17. The standard InChI is InChI=1S/C32H16ClN8O.Ti/c33-24-22(42)14-13-21-23(24)32-40-30-20-12-6-5-11-19(20)28(38-30)36-26-16-8-2-1-7-15(16)25(34-26)35-27-17-9-3-4-10-18(17)29(37-27)39-31(21)41-32;/h1-13,34H,(H,35,37,39)(H,36,38,40,41);. The van der Waals surface area contributed by atoms with E-state index in [9.17, 15) is 4.79 Å². The number of nitrogens with one attached hydrogen (secondary N) is 3. The number of carbonyl (C=O) groups is 1. The maximum absolute atomic E-state index is 13.0. The van der Waals surface area contributed by atoms with Gasteiger partial charge in [-0.25, -0.2) is 0 Å². The summed E-state index contributed by atoms with van der Waals surface area (Å²) in [6.07, 6.45) is 1.82. The van der Waals surface area contributed by atoms with Crippen LogP contribution >= 0.6 is 11.6 Å². The van der Waals surface area contributed by atoms with Crippen LogP contribution in [0.3, 0.4) is 0 Å². The third kappa shape index (κ3) is 3.62. The van der Waals surface area contributed by atoms with Crippen molar-refractivity contribution in [2.45, 2.75) is 0 Å². The van der Waals surface area contributed by atoms with Crippen molar-refractivity contribution >= 4 is 80.1 Å². The van der Waals surface area contributed by atoms with E-state index in [-0.39, 0.29) is 10.8 Å². The SMILES string of the molecule is O=C1[C]([Ti])=Cc2c3[nH]c(c2=C1Cl)=NC1=NC(=Nc2[nH]c(c4ccccc24)N=C2N=C(N3)c3ccccc32)c2ccccc21. The van der Waals surface area contributed by atoms with Crippen molar-refractivity contribution in [3.63, 3.8) is 0 Å². The number of allylic oxidation sites excluding steroid dienone is 1. The molecule has 0 fully saturated rings. The van der Waals surface area contributed by atoms with Gasteiger partial charge in [0.25, 0.3) is 0 Å². The second-order valence-electron chi connectivity index (χ2n) is 10.3. The van der Waals surface area contributed by atoms with Gasteiger partial charge in [0, 0.05) is 0 Å². The van der Waals surface area contributed by atoms with Gasteiger partial charge in [0.1, 0.15) is 0 Å². The number of nitrogens with zero attached hydrogens (tertiary/aromatic N) is 5. The number of halogens is 1. The number of fused-ring (bicyclic) bond motifs is 18. The van der Waals surface area contributed by atoms with Gasteiger partial charge in [-0.05, 0) is 0 Å². The first-order chi connectivity index (χ1) is 21.0. The van der Waals surface area contributed by atoms with Gasteiger partial charge in [-0.1, -0.05) is 18.2 Å². The van der Waals surface area contributed by atoms with Gasteiger partial charge >= 0.3 is 243 Å². The van der Waals surface area contributed by atoms with Crippen LogP contribution in [0.4, 0.5) is 17.5 Å². The monoisotopic (exact) mass is 611 g/mol. The Balaban J connectivity index is 1.41. The van der Waals surface area contributed by atoms with E-state index in [1.165, 1.54) is 0 Å². The zero-order valence-corrected chi connectivity index (χ0v) is 24.3. The zero-order chi connectivity index (χ0) is 28.8. The van der Waals surface area contributed by atoms with Crippen LogP contribution in [0.25, 0.3) is 21.9 Å². The molecule has 0 saturated carbocycles. The summed E-state index contributed by atoms with van der Waals surface area (Å²) in [7, 11) is 0. The molecule has 1 aliphatic carbocycles. The maximum atomic E-state index is 13.0. The third-order valence-corrected chi connectivity index (χ3v) is 8.74. The van der Waals surface area contributed by atoms with Crippen molar-refractivity contribution in [3.05, 3.63) is 115 Å². The predicted molar refractivity (Wildman–Crippen MR) is 164 cm³/mol. The number of benzene rings is 3. The van der Waals surface area contributed by atoms with Crippen LogP contribution in [0, 0.1) is 0 Å². The van der Waals surface area contributed by atoms with Crippen LogP contribution in [0.15, 0.2) is 102 Å². The minimum atomic E-state index is -0.245. The van der Waals surface area contributed by atoms with Crippen molar-refractivity contribution in [1.29, 1.82) is 0 Å². The first-order valence-corrected chi connectivity index (χ1v) is 14.6. The summed E-state index contributed by atoms with van der Waals surface area (Å²) in [5.74, 6) is 3.78. The number of ketones is 1. The van der Waals surface area contributed by atoms with E-state index in [0.29, 0.717) is 55.4 Å². The Morgan fingerprint density at radius 3 is 1.88 bits per heavy atom. The van der Waals surface area contributed by atoms with E-state index in [0.717, 1.165) is 38.6 Å². The normalized spacial score (nSPS) is 16.2. The first-order valence-electron chi connectivity index (χ1n) is 13.4. The number of carbonyl (C=O) groups excluding carboxylic acids is 1. The number of hydrogen-bond donors (Lipinski definition) is 3. The second-order valence-corrected chi connectivity index (χ2v) is 11.5. The average Bonchev–Trinajstić information content (AvgIpc) is 3.75. The molecule has 0 saturated heterocycles. The Labute approximate surface area is 259 Å². The molecule has 8 bridgehead atoms. The minimum absolute atomic E-state index is 0.0952. The second kappa shape index (κ2) is 9.02. The molecule has 3 aliphatic heterocycles. The van der Waals surface area contributed by atoms with Crippen molar-refractivity contribution in [2.75, 3.05) is 5.32 Å². The molecular weight excluding hydrogens is 596 g/mol. The van der Waals surface area contributed by atoms with Gasteiger partial charge in [0.15, 0.2) is 0 Å². The van der Waals surface area contributed by atoms with Gasteiger partial charge in [-0.3, -0.25) is 0 Å². The number of rotatable bonds is 0. The molecule has 0 spiro atoms. The molecular formula is C32H16ClN8OTi. The van der Waals surface area contributed by atoms with Crippen LogP contribution in [-0.4, -0.2) is 39.1 Å². The number of amidine groups is 4. The van der Waals surface area contributed by atoms with E-state index in [1.54, 1.807) is 20.4 Å². The van der Waals surface area contributed by atoms with E-state index < -0.39 is 0 Å². The van der Waals surface area contributed by atoms with Crippen molar-refractivity contribution in [2.24, 2.45) is 25.0 Å². The predicted octanol–water partition coefficient (Wildman–Crippen LogP) is 4.74. The molecule has 201 valence electrons. The summed E-state index contributed by atoms with van der Waals surface area (Å²) in [6, 6.07) is 23.7. The van der Waals surface area contributed by atoms with Gasteiger partial charge in [-0.15, -0.1) is 0 Å². The molecule has 5 heterocycles. The molecule has 0 radical (unpaired) electrons. The summed E-state index contributed by atoms with van der Waals surface area (Å²) < 4.78 is 0.528. The molecule has 5 aromatic rings. The Bertz CT molecular complexity index is 2420. The number of aromatic amines is 2. The van der Waals surface area contributed by atoms with Gasteiger partial charge in [0.2, 0.25) is 0 Å². The van der Waals surface area contributed by atoms with Crippen LogP contribution < -0.4 is 16.0 Å². The third-order valence-electron chi connectivity index (χ3n) is 7.80. The molecule has 3 N–H and O–H groups in total. The fraction of sp³-hybridized carbons (Fsp3) is 0.